The number of ketones is 1. The summed E-state index contributed by atoms with van der Waals surface area (Å²) in [6.45, 7) is 0.439. The van der Waals surface area contributed by atoms with Crippen molar-refractivity contribution in [2.45, 2.75) is 32.2 Å². The Labute approximate surface area is 184 Å². The Morgan fingerprint density at radius 2 is 1.87 bits per heavy atom. The number of halogens is 1. The Hall–Kier alpha value is -2.94. The topological polar surface area (TPSA) is 56.5 Å². The average molecular weight is 432 g/mol. The first-order valence-electron chi connectivity index (χ1n) is 9.95. The molecule has 1 aliphatic heterocycles. The molecule has 6 heteroatoms. The maximum atomic E-state index is 13.2. The molecule has 2 heterocycles. The van der Waals surface area contributed by atoms with Gasteiger partial charge in [0.1, 0.15) is 11.1 Å². The molecular formula is C24H18ClN3OS. The summed E-state index contributed by atoms with van der Waals surface area (Å²) < 4.78 is 0. The monoisotopic (exact) mass is 431 g/mol. The normalized spacial score (nSPS) is 16.5. The van der Waals surface area contributed by atoms with Crippen LogP contribution in [0.15, 0.2) is 53.5 Å². The van der Waals surface area contributed by atoms with Gasteiger partial charge in [-0.2, -0.15) is 5.26 Å². The van der Waals surface area contributed by atoms with Gasteiger partial charge in [-0.15, -0.1) is 11.3 Å². The number of aliphatic imine (C=N–C) groups is 1. The zero-order chi connectivity index (χ0) is 20.7. The number of carbonyl (C=O) groups excluding carboxylic acids is 1. The van der Waals surface area contributed by atoms with Gasteiger partial charge in [0.25, 0.3) is 0 Å². The molecule has 1 aromatic heterocycles. The van der Waals surface area contributed by atoms with E-state index in [2.05, 4.69) is 6.07 Å². The summed E-state index contributed by atoms with van der Waals surface area (Å²) in [6.07, 6.45) is 4.13. The first-order valence-corrected chi connectivity index (χ1v) is 11.1. The van der Waals surface area contributed by atoms with Crippen molar-refractivity contribution < 1.29 is 4.79 Å². The van der Waals surface area contributed by atoms with E-state index in [4.69, 9.17) is 16.6 Å². The smallest absolute Gasteiger partial charge is 0.230 e. The van der Waals surface area contributed by atoms with Crippen molar-refractivity contribution in [3.05, 3.63) is 80.7 Å². The number of anilines is 1. The van der Waals surface area contributed by atoms with Crippen LogP contribution in [-0.4, -0.2) is 11.6 Å². The molecule has 0 unspecified atom stereocenters. The van der Waals surface area contributed by atoms with E-state index >= 15 is 0 Å². The largest absolute Gasteiger partial charge is 0.318 e. The zero-order valence-corrected chi connectivity index (χ0v) is 17.8. The number of fused-ring (bicyclic) bond motifs is 2. The van der Waals surface area contributed by atoms with E-state index in [0.717, 1.165) is 42.5 Å². The van der Waals surface area contributed by atoms with Crippen molar-refractivity contribution in [2.75, 3.05) is 4.90 Å². The highest BCUT2D eigenvalue weighted by atomic mass is 35.5. The van der Waals surface area contributed by atoms with E-state index in [1.54, 1.807) is 11.3 Å². The zero-order valence-electron chi connectivity index (χ0n) is 16.2. The number of hydrogen-bond donors (Lipinski definition) is 0. The summed E-state index contributed by atoms with van der Waals surface area (Å²) in [6, 6.07) is 17.5. The van der Waals surface area contributed by atoms with Crippen LogP contribution in [0.1, 0.15) is 44.8 Å². The fourth-order valence-corrected chi connectivity index (χ4v) is 5.57. The SMILES string of the molecule is N#Cc1c(N=C2C(=O)c3ccccc3N2Cc2ccccc2Cl)sc2c1CCCC2. The highest BCUT2D eigenvalue weighted by Gasteiger charge is 2.34. The van der Waals surface area contributed by atoms with Crippen molar-refractivity contribution in [1.29, 1.82) is 5.26 Å². The van der Waals surface area contributed by atoms with Gasteiger partial charge in [-0.05, 0) is 55.0 Å². The molecule has 0 fully saturated rings. The molecule has 0 saturated heterocycles. The molecule has 3 aromatic rings. The second-order valence-corrected chi connectivity index (χ2v) is 8.95. The average Bonchev–Trinajstić information content (AvgIpc) is 3.25. The number of hydrogen-bond acceptors (Lipinski definition) is 4. The third kappa shape index (κ3) is 3.13. The molecule has 5 rings (SSSR count). The minimum atomic E-state index is -0.118. The minimum absolute atomic E-state index is 0.118. The second-order valence-electron chi connectivity index (χ2n) is 7.46. The number of benzene rings is 2. The fraction of sp³-hybridized carbons (Fsp3) is 0.208. The molecule has 2 aromatic carbocycles. The maximum Gasteiger partial charge on any atom is 0.230 e. The number of thiophene rings is 1. The summed E-state index contributed by atoms with van der Waals surface area (Å²) in [7, 11) is 0. The highest BCUT2D eigenvalue weighted by Crippen LogP contribution is 2.41. The van der Waals surface area contributed by atoms with Gasteiger partial charge in [-0.1, -0.05) is 41.9 Å². The van der Waals surface area contributed by atoms with Crippen LogP contribution in [0.4, 0.5) is 10.7 Å². The molecule has 0 bridgehead atoms. The van der Waals surface area contributed by atoms with Gasteiger partial charge in [0.2, 0.25) is 5.78 Å². The number of nitrogens with zero attached hydrogens (tertiary/aromatic N) is 3. The van der Waals surface area contributed by atoms with E-state index in [1.807, 2.05) is 53.4 Å². The Balaban J connectivity index is 1.63. The van der Waals surface area contributed by atoms with E-state index < -0.39 is 0 Å². The first kappa shape index (κ1) is 19.0. The first-order chi connectivity index (χ1) is 14.7. The quantitative estimate of drug-likeness (QED) is 0.504. The summed E-state index contributed by atoms with van der Waals surface area (Å²) in [5.41, 5.74) is 4.11. The summed E-state index contributed by atoms with van der Waals surface area (Å²) in [5.74, 6) is 0.235. The molecule has 148 valence electrons. The lowest BCUT2D eigenvalue weighted by molar-refractivity contribution is 0.106. The lowest BCUT2D eigenvalue weighted by atomic mass is 9.96. The van der Waals surface area contributed by atoms with E-state index in [9.17, 15) is 10.1 Å². The van der Waals surface area contributed by atoms with Crippen LogP contribution in [0, 0.1) is 11.3 Å². The molecule has 0 atom stereocenters. The lowest BCUT2D eigenvalue weighted by Crippen LogP contribution is -2.29. The predicted octanol–water partition coefficient (Wildman–Crippen LogP) is 6.09. The van der Waals surface area contributed by atoms with Gasteiger partial charge in [-0.3, -0.25) is 4.79 Å². The molecule has 4 nitrogen and oxygen atoms in total. The number of nitriles is 1. The summed E-state index contributed by atoms with van der Waals surface area (Å²) in [5, 5.41) is 11.1. The molecule has 30 heavy (non-hydrogen) atoms. The standard InChI is InChI=1S/C24H18ClN3OS/c25-19-10-4-1-7-15(19)14-28-20-11-5-2-9-17(20)22(29)23(28)27-24-18(13-26)16-8-3-6-12-21(16)30-24/h1-2,4-5,7,9-11H,3,6,8,12,14H2. The maximum absolute atomic E-state index is 13.2. The predicted molar refractivity (Wildman–Crippen MR) is 121 cm³/mol. The van der Waals surface area contributed by atoms with Crippen molar-refractivity contribution in [3.8, 4) is 6.07 Å². The molecule has 1 aliphatic carbocycles. The minimum Gasteiger partial charge on any atom is -0.318 e. The van der Waals surface area contributed by atoms with Crippen LogP contribution in [-0.2, 0) is 19.4 Å². The molecule has 2 aliphatic rings. The molecular weight excluding hydrogens is 414 g/mol. The second kappa shape index (κ2) is 7.71. The number of para-hydroxylation sites is 1. The molecule has 0 radical (unpaired) electrons. The number of carbonyl (C=O) groups is 1. The molecule has 0 spiro atoms. The van der Waals surface area contributed by atoms with Crippen molar-refractivity contribution in [2.24, 2.45) is 4.99 Å². The Bertz CT molecular complexity index is 1240. The lowest BCUT2D eigenvalue weighted by Gasteiger charge is -2.20. The van der Waals surface area contributed by atoms with Gasteiger partial charge in [0, 0.05) is 15.5 Å². The fourth-order valence-electron chi connectivity index (χ4n) is 4.17. The number of amidine groups is 1. The Kier molecular flexibility index (Phi) is 4.90. The molecule has 0 saturated carbocycles. The third-order valence-corrected chi connectivity index (χ3v) is 7.21. The van der Waals surface area contributed by atoms with Crippen molar-refractivity contribution in [3.63, 3.8) is 0 Å². The highest BCUT2D eigenvalue weighted by molar-refractivity contribution is 7.16. The van der Waals surface area contributed by atoms with Gasteiger partial charge in [-0.25, -0.2) is 4.99 Å². The Morgan fingerprint density at radius 3 is 2.70 bits per heavy atom. The van der Waals surface area contributed by atoms with Crippen LogP contribution >= 0.6 is 22.9 Å². The van der Waals surface area contributed by atoms with Gasteiger partial charge in [0.05, 0.1) is 17.8 Å². The van der Waals surface area contributed by atoms with Crippen LogP contribution in [0.25, 0.3) is 0 Å². The summed E-state index contributed by atoms with van der Waals surface area (Å²) in [4.78, 5) is 21.2. The van der Waals surface area contributed by atoms with Gasteiger partial charge in [0.15, 0.2) is 5.84 Å². The van der Waals surface area contributed by atoms with E-state index in [-0.39, 0.29) is 5.78 Å². The molecule has 0 amide bonds. The summed E-state index contributed by atoms with van der Waals surface area (Å²) >= 11 is 7.95. The number of rotatable bonds is 3. The van der Waals surface area contributed by atoms with Crippen LogP contribution in [0.3, 0.4) is 0 Å². The Morgan fingerprint density at radius 1 is 1.10 bits per heavy atom. The third-order valence-electron chi connectivity index (χ3n) is 5.66. The number of Topliss-reactive ketones (excluding diaryl/α,β-unsaturated/α-hetero) is 1. The van der Waals surface area contributed by atoms with Gasteiger partial charge < -0.3 is 4.90 Å². The van der Waals surface area contributed by atoms with Crippen LogP contribution in [0.5, 0.6) is 0 Å². The van der Waals surface area contributed by atoms with Crippen molar-refractivity contribution in [1.82, 2.24) is 0 Å². The van der Waals surface area contributed by atoms with Crippen LogP contribution < -0.4 is 4.90 Å². The van der Waals surface area contributed by atoms with Gasteiger partial charge >= 0.3 is 0 Å². The van der Waals surface area contributed by atoms with Crippen molar-refractivity contribution >= 4 is 45.2 Å². The van der Waals surface area contributed by atoms with E-state index in [0.29, 0.717) is 33.5 Å². The van der Waals surface area contributed by atoms with E-state index in [1.165, 1.54) is 4.88 Å². The molecule has 0 N–H and O–H groups in total. The number of aryl methyl sites for hydroxylation is 1. The van der Waals surface area contributed by atoms with Crippen LogP contribution in [0.2, 0.25) is 5.02 Å².